The zero-order chi connectivity index (χ0) is 14.8. The predicted molar refractivity (Wildman–Crippen MR) is 79.3 cm³/mol. The van der Waals surface area contributed by atoms with E-state index in [4.69, 9.17) is 10.5 Å². The lowest BCUT2D eigenvalue weighted by Gasteiger charge is -2.42. The maximum atomic E-state index is 12.5. The first kappa shape index (κ1) is 15.0. The number of hydrogen-bond donors (Lipinski definition) is 1. The fraction of sp³-hybridized carbons (Fsp3) is 0.562. The number of ether oxygens (including phenoxy) is 1. The summed E-state index contributed by atoms with van der Waals surface area (Å²) in [6.45, 7) is 7.21. The Labute approximate surface area is 120 Å². The molecule has 0 saturated carbocycles. The third-order valence-corrected chi connectivity index (χ3v) is 3.50. The Balaban J connectivity index is 1.99. The van der Waals surface area contributed by atoms with Crippen LogP contribution in [0.2, 0.25) is 0 Å². The predicted octanol–water partition coefficient (Wildman–Crippen LogP) is 1.58. The molecule has 4 heteroatoms. The number of carbonyl (C=O) groups excluding carboxylic acids is 1. The second kappa shape index (κ2) is 5.94. The summed E-state index contributed by atoms with van der Waals surface area (Å²) in [5.41, 5.74) is 6.87. The molecular weight excluding hydrogens is 252 g/mol. The molecule has 1 amide bonds. The Morgan fingerprint density at radius 2 is 2.10 bits per heavy atom. The standard InChI is InChI=1S/C16H24N2O2/c1-12-10-18(11-16(2,3)20-12)15(19)14(17)9-13-7-5-4-6-8-13/h4-8,12,14H,9-11,17H2,1-3H3/t12?,14-/m0/s1. The van der Waals surface area contributed by atoms with Crippen LogP contribution in [-0.2, 0) is 16.0 Å². The Morgan fingerprint density at radius 3 is 2.70 bits per heavy atom. The Bertz CT molecular complexity index is 459. The van der Waals surface area contributed by atoms with Crippen LogP contribution in [0, 0.1) is 0 Å². The van der Waals surface area contributed by atoms with Crippen LogP contribution in [0.25, 0.3) is 0 Å². The van der Waals surface area contributed by atoms with Crippen molar-refractivity contribution in [1.82, 2.24) is 4.90 Å². The van der Waals surface area contributed by atoms with Crippen LogP contribution in [0.4, 0.5) is 0 Å². The average Bonchev–Trinajstić information content (AvgIpc) is 2.36. The summed E-state index contributed by atoms with van der Waals surface area (Å²) in [5.74, 6) is 0.0112. The van der Waals surface area contributed by atoms with Crippen molar-refractivity contribution in [1.29, 1.82) is 0 Å². The molecule has 4 nitrogen and oxygen atoms in total. The van der Waals surface area contributed by atoms with Crippen LogP contribution in [0.5, 0.6) is 0 Å². The summed E-state index contributed by atoms with van der Waals surface area (Å²) >= 11 is 0. The van der Waals surface area contributed by atoms with Gasteiger partial charge in [-0.25, -0.2) is 0 Å². The van der Waals surface area contributed by atoms with Crippen molar-refractivity contribution in [2.24, 2.45) is 5.73 Å². The molecule has 1 aromatic carbocycles. The molecule has 0 bridgehead atoms. The quantitative estimate of drug-likeness (QED) is 0.912. The van der Waals surface area contributed by atoms with Gasteiger partial charge in [-0.05, 0) is 32.8 Å². The summed E-state index contributed by atoms with van der Waals surface area (Å²) in [6.07, 6.45) is 0.623. The van der Waals surface area contributed by atoms with Crippen molar-refractivity contribution < 1.29 is 9.53 Å². The molecule has 2 rings (SSSR count). The highest BCUT2D eigenvalue weighted by molar-refractivity contribution is 5.82. The van der Waals surface area contributed by atoms with Gasteiger partial charge in [0.2, 0.25) is 5.91 Å². The van der Waals surface area contributed by atoms with Crippen molar-refractivity contribution in [2.45, 2.75) is 44.9 Å². The summed E-state index contributed by atoms with van der Waals surface area (Å²) in [6, 6.07) is 9.40. The number of morpholine rings is 1. The van der Waals surface area contributed by atoms with Crippen LogP contribution in [0.1, 0.15) is 26.3 Å². The highest BCUT2D eigenvalue weighted by Gasteiger charge is 2.35. The summed E-state index contributed by atoms with van der Waals surface area (Å²) in [7, 11) is 0. The molecule has 1 aromatic rings. The van der Waals surface area contributed by atoms with Crippen LogP contribution < -0.4 is 5.73 Å². The molecule has 110 valence electrons. The number of carbonyl (C=O) groups is 1. The summed E-state index contributed by atoms with van der Waals surface area (Å²) in [5, 5.41) is 0. The first-order valence-electron chi connectivity index (χ1n) is 7.13. The van der Waals surface area contributed by atoms with Gasteiger partial charge in [0.15, 0.2) is 0 Å². The van der Waals surface area contributed by atoms with Crippen molar-refractivity contribution in [3.05, 3.63) is 35.9 Å². The van der Waals surface area contributed by atoms with Gasteiger partial charge in [-0.2, -0.15) is 0 Å². The Morgan fingerprint density at radius 1 is 1.45 bits per heavy atom. The molecule has 0 aliphatic carbocycles. The molecule has 2 atom stereocenters. The molecule has 1 aliphatic rings. The number of hydrogen-bond acceptors (Lipinski definition) is 3. The molecule has 20 heavy (non-hydrogen) atoms. The topological polar surface area (TPSA) is 55.6 Å². The van der Waals surface area contributed by atoms with Crippen molar-refractivity contribution in [2.75, 3.05) is 13.1 Å². The van der Waals surface area contributed by atoms with Gasteiger partial charge >= 0.3 is 0 Å². The van der Waals surface area contributed by atoms with Crippen molar-refractivity contribution in [3.8, 4) is 0 Å². The molecular formula is C16H24N2O2. The highest BCUT2D eigenvalue weighted by atomic mass is 16.5. The van der Waals surface area contributed by atoms with E-state index in [9.17, 15) is 4.79 Å². The van der Waals surface area contributed by atoms with E-state index < -0.39 is 6.04 Å². The van der Waals surface area contributed by atoms with E-state index in [1.807, 2.05) is 56.0 Å². The largest absolute Gasteiger partial charge is 0.369 e. The molecule has 1 unspecified atom stereocenters. The number of nitrogens with zero attached hydrogens (tertiary/aromatic N) is 1. The lowest BCUT2D eigenvalue weighted by atomic mass is 10.0. The molecule has 0 spiro atoms. The van der Waals surface area contributed by atoms with Gasteiger partial charge in [0.25, 0.3) is 0 Å². The van der Waals surface area contributed by atoms with Gasteiger partial charge < -0.3 is 15.4 Å². The first-order chi connectivity index (χ1) is 9.37. The second-order valence-corrected chi connectivity index (χ2v) is 6.20. The number of nitrogens with two attached hydrogens (primary N) is 1. The zero-order valence-electron chi connectivity index (χ0n) is 12.5. The fourth-order valence-corrected chi connectivity index (χ4v) is 2.81. The van der Waals surface area contributed by atoms with E-state index in [0.29, 0.717) is 19.5 Å². The van der Waals surface area contributed by atoms with Crippen molar-refractivity contribution >= 4 is 5.91 Å². The zero-order valence-corrected chi connectivity index (χ0v) is 12.5. The fourth-order valence-electron chi connectivity index (χ4n) is 2.81. The van der Waals surface area contributed by atoms with Crippen LogP contribution in [-0.4, -0.2) is 41.6 Å². The maximum absolute atomic E-state index is 12.5. The first-order valence-corrected chi connectivity index (χ1v) is 7.13. The average molecular weight is 276 g/mol. The van der Waals surface area contributed by atoms with E-state index in [0.717, 1.165) is 5.56 Å². The lowest BCUT2D eigenvalue weighted by molar-refractivity contribution is -0.159. The third-order valence-electron chi connectivity index (χ3n) is 3.50. The van der Waals surface area contributed by atoms with Crippen LogP contribution in [0.3, 0.4) is 0 Å². The molecule has 1 heterocycles. The van der Waals surface area contributed by atoms with E-state index in [1.165, 1.54) is 0 Å². The minimum Gasteiger partial charge on any atom is -0.369 e. The van der Waals surface area contributed by atoms with Crippen LogP contribution in [0.15, 0.2) is 30.3 Å². The minimum absolute atomic E-state index is 0.0112. The summed E-state index contributed by atoms with van der Waals surface area (Å²) < 4.78 is 5.82. The SMILES string of the molecule is CC1CN(C(=O)[C@@H](N)Cc2ccccc2)CC(C)(C)O1. The smallest absolute Gasteiger partial charge is 0.240 e. The molecule has 1 fully saturated rings. The Kier molecular flexibility index (Phi) is 4.45. The van der Waals surface area contributed by atoms with E-state index in [1.54, 1.807) is 0 Å². The van der Waals surface area contributed by atoms with Gasteiger partial charge in [-0.15, -0.1) is 0 Å². The number of rotatable bonds is 3. The van der Waals surface area contributed by atoms with E-state index in [2.05, 4.69) is 0 Å². The highest BCUT2D eigenvalue weighted by Crippen LogP contribution is 2.21. The normalized spacial score (nSPS) is 23.4. The van der Waals surface area contributed by atoms with Gasteiger partial charge in [0, 0.05) is 13.1 Å². The molecule has 1 saturated heterocycles. The number of benzene rings is 1. The molecule has 2 N–H and O–H groups in total. The van der Waals surface area contributed by atoms with Crippen molar-refractivity contribution in [3.63, 3.8) is 0 Å². The van der Waals surface area contributed by atoms with E-state index in [-0.39, 0.29) is 17.6 Å². The third kappa shape index (κ3) is 3.81. The summed E-state index contributed by atoms with van der Waals surface area (Å²) in [4.78, 5) is 14.3. The second-order valence-electron chi connectivity index (χ2n) is 6.20. The van der Waals surface area contributed by atoms with Gasteiger partial charge in [0.1, 0.15) is 0 Å². The molecule has 1 aliphatic heterocycles. The Hall–Kier alpha value is -1.39. The van der Waals surface area contributed by atoms with Gasteiger partial charge in [0.05, 0.1) is 17.7 Å². The molecule has 0 aromatic heterocycles. The number of amides is 1. The van der Waals surface area contributed by atoms with Gasteiger partial charge in [-0.3, -0.25) is 4.79 Å². The minimum atomic E-state index is -0.488. The van der Waals surface area contributed by atoms with Gasteiger partial charge in [-0.1, -0.05) is 30.3 Å². The monoisotopic (exact) mass is 276 g/mol. The van der Waals surface area contributed by atoms with Crippen LogP contribution >= 0.6 is 0 Å². The van der Waals surface area contributed by atoms with E-state index >= 15 is 0 Å². The molecule has 0 radical (unpaired) electrons. The maximum Gasteiger partial charge on any atom is 0.240 e. The lowest BCUT2D eigenvalue weighted by Crippen LogP contribution is -2.57.